The molecule has 0 spiro atoms. The molecule has 0 aliphatic heterocycles. The van der Waals surface area contributed by atoms with Crippen molar-refractivity contribution in [2.75, 3.05) is 35.5 Å². The van der Waals surface area contributed by atoms with Gasteiger partial charge in [-0.15, -0.1) is 0 Å². The van der Waals surface area contributed by atoms with Crippen LogP contribution in [0.1, 0.15) is 28.1 Å². The van der Waals surface area contributed by atoms with Crippen LogP contribution < -0.4 is 18.9 Å². The molecule has 1 N–H and O–H groups in total. The maximum Gasteiger partial charge on any atom is 0.330 e. The molecule has 0 fully saturated rings. The monoisotopic (exact) mass is 476 g/mol. The number of rotatable bonds is 10. The van der Waals surface area contributed by atoms with Crippen molar-refractivity contribution in [3.8, 4) is 23.0 Å². The lowest BCUT2D eigenvalue weighted by molar-refractivity contribution is -0.134. The van der Waals surface area contributed by atoms with Gasteiger partial charge in [-0.1, -0.05) is 24.3 Å². The fourth-order valence-corrected chi connectivity index (χ4v) is 3.30. The third-order valence-electron chi connectivity index (χ3n) is 5.14. The summed E-state index contributed by atoms with van der Waals surface area (Å²) >= 11 is 0. The van der Waals surface area contributed by atoms with E-state index in [0.717, 1.165) is 16.7 Å². The molecule has 0 amide bonds. The summed E-state index contributed by atoms with van der Waals surface area (Å²) in [4.78, 5) is 11.7. The van der Waals surface area contributed by atoms with E-state index in [2.05, 4.69) is 10.2 Å². The van der Waals surface area contributed by atoms with Gasteiger partial charge in [-0.25, -0.2) is 4.79 Å². The Morgan fingerprint density at radius 1 is 0.714 bits per heavy atom. The summed E-state index contributed by atoms with van der Waals surface area (Å²) in [6.07, 6.45) is 10.5. The first kappa shape index (κ1) is 25.2. The van der Waals surface area contributed by atoms with Gasteiger partial charge in [-0.05, 0) is 53.6 Å². The number of hydrogen-bond donors (Lipinski definition) is 1. The zero-order chi connectivity index (χ0) is 25.2. The summed E-state index contributed by atoms with van der Waals surface area (Å²) < 4.78 is 26.1. The van der Waals surface area contributed by atoms with Crippen molar-refractivity contribution in [2.24, 2.45) is 0 Å². The van der Waals surface area contributed by atoms with E-state index in [-0.39, 0.29) is 0 Å². The van der Waals surface area contributed by atoms with E-state index in [0.29, 0.717) is 34.4 Å². The highest BCUT2D eigenvalue weighted by Gasteiger charge is 2.09. The Labute approximate surface area is 204 Å². The van der Waals surface area contributed by atoms with Crippen molar-refractivity contribution in [2.45, 2.75) is 0 Å². The first-order chi connectivity index (χ1) is 17.0. The van der Waals surface area contributed by atoms with Gasteiger partial charge >= 0.3 is 5.97 Å². The van der Waals surface area contributed by atoms with E-state index in [9.17, 15) is 4.79 Å². The molecule has 0 saturated heterocycles. The molecule has 0 aliphatic carbocycles. The average molecular weight is 477 g/mol. The Balaban J connectivity index is 1.94. The van der Waals surface area contributed by atoms with Gasteiger partial charge < -0.3 is 23.7 Å². The number of carbonyl (C=O) groups excluding carboxylic acids is 1. The molecule has 1 aromatic heterocycles. The summed E-state index contributed by atoms with van der Waals surface area (Å²) in [7, 11) is 7.69. The lowest BCUT2D eigenvalue weighted by Gasteiger charge is -2.07. The van der Waals surface area contributed by atoms with Gasteiger partial charge in [0.1, 0.15) is 0 Å². The number of methoxy groups -OCH3 is 5. The fraction of sp³-hybridized carbons (Fsp3) is 0.185. The largest absolute Gasteiger partial charge is 0.493 e. The molecule has 8 nitrogen and oxygen atoms in total. The highest BCUT2D eigenvalue weighted by atomic mass is 16.5. The third-order valence-corrected chi connectivity index (χ3v) is 5.14. The number of carbonyl (C=O) groups is 1. The predicted octanol–water partition coefficient (Wildman–Crippen LogP) is 4.97. The lowest BCUT2D eigenvalue weighted by Crippen LogP contribution is -1.93. The molecule has 182 valence electrons. The minimum Gasteiger partial charge on any atom is -0.493 e. The van der Waals surface area contributed by atoms with Crippen LogP contribution in [0.15, 0.2) is 42.5 Å². The molecule has 35 heavy (non-hydrogen) atoms. The van der Waals surface area contributed by atoms with Gasteiger partial charge in [0.2, 0.25) is 0 Å². The van der Waals surface area contributed by atoms with E-state index in [1.54, 1.807) is 34.5 Å². The number of aromatic amines is 1. The fourth-order valence-electron chi connectivity index (χ4n) is 3.30. The Hall–Kier alpha value is -4.46. The molecule has 0 atom stereocenters. The molecule has 8 heteroatoms. The summed E-state index contributed by atoms with van der Waals surface area (Å²) in [6.45, 7) is 0. The number of nitrogens with zero attached hydrogens (tertiary/aromatic N) is 1. The zero-order valence-corrected chi connectivity index (χ0v) is 20.3. The summed E-state index contributed by atoms with van der Waals surface area (Å²) in [5.41, 5.74) is 3.89. The van der Waals surface area contributed by atoms with E-state index in [1.807, 2.05) is 60.7 Å². The number of H-pyrrole nitrogens is 1. The van der Waals surface area contributed by atoms with Gasteiger partial charge in [0.15, 0.2) is 23.0 Å². The molecule has 0 bridgehead atoms. The lowest BCUT2D eigenvalue weighted by atomic mass is 10.1. The van der Waals surface area contributed by atoms with Gasteiger partial charge in [-0.3, -0.25) is 5.10 Å². The minimum atomic E-state index is -0.462. The van der Waals surface area contributed by atoms with E-state index in [1.165, 1.54) is 13.2 Å². The highest BCUT2D eigenvalue weighted by molar-refractivity contribution is 5.90. The van der Waals surface area contributed by atoms with Crippen molar-refractivity contribution in [1.29, 1.82) is 0 Å². The summed E-state index contributed by atoms with van der Waals surface area (Å²) in [6, 6.07) is 11.2. The Bertz CT molecular complexity index is 1170. The average Bonchev–Trinajstić information content (AvgIpc) is 3.30. The molecule has 0 aliphatic rings. The van der Waals surface area contributed by atoms with Crippen molar-refractivity contribution < 1.29 is 28.5 Å². The Kier molecular flexibility index (Phi) is 8.72. The van der Waals surface area contributed by atoms with Crippen molar-refractivity contribution in [3.05, 3.63) is 70.6 Å². The normalized spacial score (nSPS) is 11.3. The molecule has 3 rings (SSSR count). The second kappa shape index (κ2) is 12.1. The number of esters is 1. The molecule has 2 aromatic carbocycles. The van der Waals surface area contributed by atoms with E-state index >= 15 is 0 Å². The van der Waals surface area contributed by atoms with Crippen LogP contribution >= 0.6 is 0 Å². The van der Waals surface area contributed by atoms with Crippen LogP contribution in [0.5, 0.6) is 23.0 Å². The molecule has 1 heterocycles. The quantitative estimate of drug-likeness (QED) is 0.326. The molecule has 0 saturated carbocycles. The van der Waals surface area contributed by atoms with Crippen LogP contribution in [-0.4, -0.2) is 51.7 Å². The number of nitrogens with one attached hydrogen (secondary N) is 1. The molecule has 0 unspecified atom stereocenters. The van der Waals surface area contributed by atoms with E-state index in [4.69, 9.17) is 23.7 Å². The van der Waals surface area contributed by atoms with E-state index < -0.39 is 5.97 Å². The van der Waals surface area contributed by atoms with Crippen LogP contribution in [-0.2, 0) is 9.53 Å². The van der Waals surface area contributed by atoms with Crippen LogP contribution in [0.25, 0.3) is 30.4 Å². The maximum atomic E-state index is 11.7. The van der Waals surface area contributed by atoms with Crippen molar-refractivity contribution in [1.82, 2.24) is 10.2 Å². The van der Waals surface area contributed by atoms with Crippen molar-refractivity contribution in [3.63, 3.8) is 0 Å². The standard InChI is InChI=1S/C27H28N2O6/c1-31-23-13-8-18(16-25(23)33-3)6-11-21-20(10-15-27(30)35-5)22(29-28-21)12-7-19-9-14-24(32-2)26(17-19)34-4/h6-17H,1-5H3,(H,28,29)/b11-6+,12-7+,15-10+. The maximum absolute atomic E-state index is 11.7. The van der Waals surface area contributed by atoms with Gasteiger partial charge in [0.25, 0.3) is 0 Å². The number of hydrogen-bond acceptors (Lipinski definition) is 7. The topological polar surface area (TPSA) is 91.9 Å². The minimum absolute atomic E-state index is 0.462. The first-order valence-corrected chi connectivity index (χ1v) is 10.7. The Morgan fingerprint density at radius 3 is 1.77 bits per heavy atom. The third kappa shape index (κ3) is 6.32. The molecular formula is C27H28N2O6. The van der Waals surface area contributed by atoms with Crippen LogP contribution in [0.4, 0.5) is 0 Å². The number of ether oxygens (including phenoxy) is 5. The second-order valence-electron chi connectivity index (χ2n) is 7.19. The van der Waals surface area contributed by atoms with Crippen molar-refractivity contribution >= 4 is 36.3 Å². The summed E-state index contributed by atoms with van der Waals surface area (Å²) in [5.74, 6) is 2.09. The Morgan fingerprint density at radius 2 is 1.26 bits per heavy atom. The molecule has 0 radical (unpaired) electrons. The summed E-state index contributed by atoms with van der Waals surface area (Å²) in [5, 5.41) is 7.44. The number of aromatic nitrogens is 2. The smallest absolute Gasteiger partial charge is 0.330 e. The predicted molar refractivity (Wildman–Crippen MR) is 137 cm³/mol. The van der Waals surface area contributed by atoms with Gasteiger partial charge in [0, 0.05) is 11.6 Å². The zero-order valence-electron chi connectivity index (χ0n) is 20.3. The molecule has 3 aromatic rings. The van der Waals surface area contributed by atoms with Crippen LogP contribution in [0.2, 0.25) is 0 Å². The van der Waals surface area contributed by atoms with Gasteiger partial charge in [0.05, 0.1) is 46.9 Å². The second-order valence-corrected chi connectivity index (χ2v) is 7.19. The van der Waals surface area contributed by atoms with Crippen LogP contribution in [0, 0.1) is 0 Å². The first-order valence-electron chi connectivity index (χ1n) is 10.7. The highest BCUT2D eigenvalue weighted by Crippen LogP contribution is 2.30. The number of benzene rings is 2. The van der Waals surface area contributed by atoms with Gasteiger partial charge in [-0.2, -0.15) is 5.10 Å². The SMILES string of the molecule is COC(=O)/C=C/c1c(/C=C/c2ccc(OC)c(OC)c2)n[nH]c1/C=C/c1ccc(OC)c(OC)c1. The molecular weight excluding hydrogens is 448 g/mol. The van der Waals surface area contributed by atoms with Crippen LogP contribution in [0.3, 0.4) is 0 Å².